The van der Waals surface area contributed by atoms with Crippen LogP contribution in [0.1, 0.15) is 58.0 Å². The number of carbonyl (C=O) groups excluding carboxylic acids is 1. The van der Waals surface area contributed by atoms with Crippen LogP contribution in [0.3, 0.4) is 0 Å². The minimum Gasteiger partial charge on any atom is -0.428 e. The molecule has 2 unspecified atom stereocenters. The summed E-state index contributed by atoms with van der Waals surface area (Å²) < 4.78 is 69.8. The molecule has 0 saturated heterocycles. The number of carbonyl (C=O) groups is 1. The van der Waals surface area contributed by atoms with E-state index in [0.29, 0.717) is 16.7 Å². The Hall–Kier alpha value is -3.72. The van der Waals surface area contributed by atoms with Crippen molar-refractivity contribution in [2.75, 3.05) is 0 Å². The summed E-state index contributed by atoms with van der Waals surface area (Å²) in [6, 6.07) is 14.7. The molecular weight excluding hydrogens is 517 g/mol. The molecule has 0 aromatic heterocycles. The predicted molar refractivity (Wildman–Crippen MR) is 137 cm³/mol. The Morgan fingerprint density at radius 1 is 1.03 bits per heavy atom. The summed E-state index contributed by atoms with van der Waals surface area (Å²) in [6.07, 6.45) is -2.40. The number of aliphatic hydroxyl groups is 1. The Bertz CT molecular complexity index is 1310. The topological polar surface area (TPSA) is 58.6 Å². The van der Waals surface area contributed by atoms with Crippen LogP contribution in [0.2, 0.25) is 0 Å². The first-order valence-corrected chi connectivity index (χ1v) is 12.6. The predicted octanol–water partition coefficient (Wildman–Crippen LogP) is 6.88. The first-order valence-electron chi connectivity index (χ1n) is 12.6. The molecule has 0 heterocycles. The fraction of sp³-hybridized carbons (Fsp3) is 0.300. The third-order valence-corrected chi connectivity index (χ3v) is 6.56. The number of hydrogen-bond acceptors (Lipinski definition) is 3. The van der Waals surface area contributed by atoms with E-state index in [2.05, 4.69) is 10.1 Å². The summed E-state index contributed by atoms with van der Waals surface area (Å²) in [5.41, 5.74) is 2.89. The number of allylic oxidation sites excluding steroid dienone is 1. The summed E-state index contributed by atoms with van der Waals surface area (Å²) in [6.45, 7) is 0. The largest absolute Gasteiger partial charge is 0.461 e. The molecule has 1 amide bonds. The molecule has 39 heavy (non-hydrogen) atoms. The van der Waals surface area contributed by atoms with Gasteiger partial charge in [-0.25, -0.2) is 4.39 Å². The van der Waals surface area contributed by atoms with Crippen molar-refractivity contribution in [1.29, 1.82) is 0 Å². The molecule has 2 N–H and O–H groups in total. The van der Waals surface area contributed by atoms with E-state index in [1.165, 1.54) is 36.4 Å². The lowest BCUT2D eigenvalue weighted by Gasteiger charge is -2.26. The van der Waals surface area contributed by atoms with Gasteiger partial charge in [0.25, 0.3) is 5.91 Å². The van der Waals surface area contributed by atoms with E-state index < -0.39 is 42.2 Å². The van der Waals surface area contributed by atoms with Gasteiger partial charge in [0, 0.05) is 5.56 Å². The van der Waals surface area contributed by atoms with Gasteiger partial charge >= 0.3 is 12.5 Å². The molecule has 0 saturated carbocycles. The van der Waals surface area contributed by atoms with E-state index in [0.717, 1.165) is 48.9 Å². The standard InChI is InChI=1S/C30H28F5NO3/c31-22-15-13-21(14-16-22)27(37)26(18-19-7-5-10-23(17-19)39-30(34,35)29(32)33)36-28(38)25-12-6-9-20-8-3-1-2-4-11-24(20)25/h4-7,9-17,26-27,29,37H,1-3,8,18H2,(H,36,38). The maximum Gasteiger partial charge on any atom is 0.461 e. The first kappa shape index (κ1) is 28.3. The Balaban J connectivity index is 1.63. The van der Waals surface area contributed by atoms with Crippen molar-refractivity contribution in [3.63, 3.8) is 0 Å². The Morgan fingerprint density at radius 3 is 2.51 bits per heavy atom. The molecule has 4 rings (SSSR count). The summed E-state index contributed by atoms with van der Waals surface area (Å²) in [4.78, 5) is 13.5. The van der Waals surface area contributed by atoms with Crippen molar-refractivity contribution < 1.29 is 36.6 Å². The number of ether oxygens (including phenoxy) is 1. The molecule has 2 atom stereocenters. The highest BCUT2D eigenvalue weighted by atomic mass is 19.3. The lowest BCUT2D eigenvalue weighted by atomic mass is 9.92. The van der Waals surface area contributed by atoms with E-state index in [9.17, 15) is 31.9 Å². The van der Waals surface area contributed by atoms with Crippen LogP contribution in [0, 0.1) is 5.82 Å². The first-order chi connectivity index (χ1) is 18.6. The van der Waals surface area contributed by atoms with Gasteiger partial charge in [-0.3, -0.25) is 4.79 Å². The lowest BCUT2D eigenvalue weighted by molar-refractivity contribution is -0.253. The van der Waals surface area contributed by atoms with E-state index in [1.54, 1.807) is 12.1 Å². The second kappa shape index (κ2) is 12.4. The number of amides is 1. The van der Waals surface area contributed by atoms with Gasteiger partial charge < -0.3 is 15.2 Å². The minimum absolute atomic E-state index is 0.0629. The molecule has 3 aromatic rings. The van der Waals surface area contributed by atoms with Gasteiger partial charge in [0.05, 0.1) is 12.1 Å². The highest BCUT2D eigenvalue weighted by Gasteiger charge is 2.44. The maximum atomic E-state index is 13.5. The lowest BCUT2D eigenvalue weighted by Crippen LogP contribution is -2.41. The van der Waals surface area contributed by atoms with Crippen molar-refractivity contribution in [2.45, 2.75) is 56.8 Å². The number of halogens is 5. The van der Waals surface area contributed by atoms with Gasteiger partial charge in [-0.15, -0.1) is 0 Å². The molecule has 4 nitrogen and oxygen atoms in total. The molecule has 1 aliphatic rings. The van der Waals surface area contributed by atoms with E-state index in [1.807, 2.05) is 18.2 Å². The third-order valence-electron chi connectivity index (χ3n) is 6.56. The highest BCUT2D eigenvalue weighted by molar-refractivity contribution is 5.98. The monoisotopic (exact) mass is 545 g/mol. The number of fused-ring (bicyclic) bond motifs is 1. The molecule has 0 aliphatic heterocycles. The number of hydrogen-bond donors (Lipinski definition) is 2. The summed E-state index contributed by atoms with van der Waals surface area (Å²) >= 11 is 0. The van der Waals surface area contributed by atoms with Crippen LogP contribution < -0.4 is 10.1 Å². The zero-order valence-electron chi connectivity index (χ0n) is 20.9. The molecular formula is C30H28F5NO3. The van der Waals surface area contributed by atoms with Crippen molar-refractivity contribution >= 4 is 12.0 Å². The average Bonchev–Trinajstić information content (AvgIpc) is 2.88. The van der Waals surface area contributed by atoms with Gasteiger partial charge in [0.1, 0.15) is 11.6 Å². The summed E-state index contributed by atoms with van der Waals surface area (Å²) in [5.74, 6) is -1.46. The van der Waals surface area contributed by atoms with Crippen LogP contribution in [0.15, 0.2) is 72.8 Å². The van der Waals surface area contributed by atoms with Gasteiger partial charge in [-0.1, -0.05) is 48.6 Å². The van der Waals surface area contributed by atoms with E-state index in [-0.39, 0.29) is 6.42 Å². The van der Waals surface area contributed by atoms with Crippen molar-refractivity contribution in [3.8, 4) is 5.75 Å². The van der Waals surface area contributed by atoms with Crippen LogP contribution in [0.4, 0.5) is 22.0 Å². The average molecular weight is 546 g/mol. The van der Waals surface area contributed by atoms with Crippen LogP contribution in [-0.2, 0) is 12.8 Å². The normalized spacial score (nSPS) is 15.2. The molecule has 0 fully saturated rings. The minimum atomic E-state index is -4.68. The summed E-state index contributed by atoms with van der Waals surface area (Å²) in [7, 11) is 0. The fourth-order valence-corrected chi connectivity index (χ4v) is 4.58. The van der Waals surface area contributed by atoms with Crippen molar-refractivity contribution in [3.05, 3.63) is 106 Å². The number of rotatable bonds is 9. The number of alkyl halides is 4. The number of aryl methyl sites for hydroxylation is 1. The van der Waals surface area contributed by atoms with Gasteiger partial charge in [-0.2, -0.15) is 17.6 Å². The third kappa shape index (κ3) is 7.23. The number of benzene rings is 3. The van der Waals surface area contributed by atoms with Crippen LogP contribution >= 0.6 is 0 Å². The zero-order chi connectivity index (χ0) is 28.0. The summed E-state index contributed by atoms with van der Waals surface area (Å²) in [5, 5.41) is 14.0. The Morgan fingerprint density at radius 2 is 1.77 bits per heavy atom. The molecule has 0 bridgehead atoms. The van der Waals surface area contributed by atoms with Crippen LogP contribution in [0.25, 0.3) is 6.08 Å². The van der Waals surface area contributed by atoms with E-state index in [4.69, 9.17) is 0 Å². The molecule has 0 spiro atoms. The zero-order valence-corrected chi connectivity index (χ0v) is 20.9. The second-order valence-electron chi connectivity index (χ2n) is 9.42. The second-order valence-corrected chi connectivity index (χ2v) is 9.42. The smallest absolute Gasteiger partial charge is 0.428 e. The Labute approximate surface area is 223 Å². The molecule has 0 radical (unpaired) electrons. The van der Waals surface area contributed by atoms with E-state index >= 15 is 0 Å². The fourth-order valence-electron chi connectivity index (χ4n) is 4.58. The highest BCUT2D eigenvalue weighted by Crippen LogP contribution is 2.29. The Kier molecular flexibility index (Phi) is 9.01. The molecule has 3 aromatic carbocycles. The van der Waals surface area contributed by atoms with Crippen LogP contribution in [0.5, 0.6) is 5.75 Å². The van der Waals surface area contributed by atoms with Crippen molar-refractivity contribution in [2.24, 2.45) is 0 Å². The number of nitrogens with one attached hydrogen (secondary N) is 1. The molecule has 1 aliphatic carbocycles. The maximum absolute atomic E-state index is 13.5. The molecule has 9 heteroatoms. The quantitative estimate of drug-likeness (QED) is 0.289. The van der Waals surface area contributed by atoms with Gasteiger partial charge in [0.15, 0.2) is 0 Å². The number of aliphatic hydroxyl groups excluding tert-OH is 1. The van der Waals surface area contributed by atoms with Gasteiger partial charge in [-0.05, 0) is 84.7 Å². The SMILES string of the molecule is O=C(NC(Cc1cccc(OC(F)(F)C(F)F)c1)C(O)c1ccc(F)cc1)c1cccc2c1C=CCCCC2. The van der Waals surface area contributed by atoms with Gasteiger partial charge in [0.2, 0.25) is 0 Å². The molecule has 206 valence electrons. The van der Waals surface area contributed by atoms with Crippen molar-refractivity contribution in [1.82, 2.24) is 5.32 Å². The van der Waals surface area contributed by atoms with Crippen LogP contribution in [-0.4, -0.2) is 29.6 Å².